The van der Waals surface area contributed by atoms with Crippen LogP contribution in [0.25, 0.3) is 0 Å². The van der Waals surface area contributed by atoms with Gasteiger partial charge in [0.2, 0.25) is 5.91 Å². The molecule has 0 saturated heterocycles. The van der Waals surface area contributed by atoms with Crippen molar-refractivity contribution in [1.82, 2.24) is 4.90 Å². The van der Waals surface area contributed by atoms with E-state index >= 15 is 0 Å². The molecule has 0 aliphatic rings. The van der Waals surface area contributed by atoms with Crippen molar-refractivity contribution >= 4 is 5.91 Å². The Balaban J connectivity index is 3.47. The zero-order valence-corrected chi connectivity index (χ0v) is 7.89. The highest BCUT2D eigenvalue weighted by molar-refractivity contribution is 5.75. The SMILES string of the molecule is CCCCC(=O)N(C)CCC. The van der Waals surface area contributed by atoms with E-state index in [0.29, 0.717) is 6.42 Å². The Bertz CT molecular complexity index is 112. The Morgan fingerprint density at radius 2 is 1.91 bits per heavy atom. The van der Waals surface area contributed by atoms with E-state index in [2.05, 4.69) is 13.8 Å². The van der Waals surface area contributed by atoms with E-state index in [0.717, 1.165) is 25.8 Å². The first-order valence-electron chi connectivity index (χ1n) is 4.46. The molecule has 0 aromatic carbocycles. The molecule has 0 fully saturated rings. The van der Waals surface area contributed by atoms with Gasteiger partial charge in [0.25, 0.3) is 0 Å². The van der Waals surface area contributed by atoms with Crippen LogP contribution in [0.4, 0.5) is 0 Å². The number of rotatable bonds is 5. The second kappa shape index (κ2) is 6.20. The van der Waals surface area contributed by atoms with Gasteiger partial charge < -0.3 is 4.90 Å². The van der Waals surface area contributed by atoms with Gasteiger partial charge in [-0.25, -0.2) is 0 Å². The molecule has 0 rings (SSSR count). The molecule has 11 heavy (non-hydrogen) atoms. The van der Waals surface area contributed by atoms with Crippen LogP contribution >= 0.6 is 0 Å². The molecule has 2 heteroatoms. The van der Waals surface area contributed by atoms with Gasteiger partial charge in [-0.2, -0.15) is 0 Å². The number of nitrogens with zero attached hydrogens (tertiary/aromatic N) is 1. The fourth-order valence-electron chi connectivity index (χ4n) is 0.979. The Morgan fingerprint density at radius 3 is 2.36 bits per heavy atom. The number of carbonyl (C=O) groups is 1. The molecule has 0 atom stereocenters. The van der Waals surface area contributed by atoms with Gasteiger partial charge in [0.05, 0.1) is 0 Å². The Morgan fingerprint density at radius 1 is 1.27 bits per heavy atom. The number of hydrogen-bond donors (Lipinski definition) is 0. The highest BCUT2D eigenvalue weighted by atomic mass is 16.2. The van der Waals surface area contributed by atoms with Gasteiger partial charge in [-0.3, -0.25) is 4.79 Å². The highest BCUT2D eigenvalue weighted by Crippen LogP contribution is 1.98. The molecule has 0 saturated carbocycles. The topological polar surface area (TPSA) is 20.3 Å². The summed E-state index contributed by atoms with van der Waals surface area (Å²) in [6, 6.07) is 0. The number of amides is 1. The van der Waals surface area contributed by atoms with E-state index < -0.39 is 0 Å². The first-order valence-corrected chi connectivity index (χ1v) is 4.46. The summed E-state index contributed by atoms with van der Waals surface area (Å²) in [5, 5.41) is 0. The van der Waals surface area contributed by atoms with Gasteiger partial charge in [0.15, 0.2) is 0 Å². The van der Waals surface area contributed by atoms with E-state index in [1.54, 1.807) is 0 Å². The molecular weight excluding hydrogens is 138 g/mol. The van der Waals surface area contributed by atoms with E-state index in [1.807, 2.05) is 11.9 Å². The largest absolute Gasteiger partial charge is 0.346 e. The van der Waals surface area contributed by atoms with Crippen molar-refractivity contribution in [3.63, 3.8) is 0 Å². The number of carbonyl (C=O) groups excluding carboxylic acids is 1. The Kier molecular flexibility index (Phi) is 5.90. The Labute approximate surface area is 69.6 Å². The maximum atomic E-state index is 11.2. The Hall–Kier alpha value is -0.530. The van der Waals surface area contributed by atoms with Crippen molar-refractivity contribution in [1.29, 1.82) is 0 Å². The molecular formula is C9H19NO. The van der Waals surface area contributed by atoms with Gasteiger partial charge in [-0.1, -0.05) is 20.3 Å². The average Bonchev–Trinajstić information content (AvgIpc) is 2.00. The van der Waals surface area contributed by atoms with Crippen LogP contribution < -0.4 is 0 Å². The lowest BCUT2D eigenvalue weighted by Crippen LogP contribution is -2.26. The van der Waals surface area contributed by atoms with Gasteiger partial charge >= 0.3 is 0 Å². The van der Waals surface area contributed by atoms with Crippen LogP contribution in [0.3, 0.4) is 0 Å². The molecule has 0 aliphatic carbocycles. The van der Waals surface area contributed by atoms with E-state index in [1.165, 1.54) is 0 Å². The molecule has 0 radical (unpaired) electrons. The molecule has 2 nitrogen and oxygen atoms in total. The standard InChI is InChI=1S/C9H19NO/c1-4-6-7-9(11)10(3)8-5-2/h4-8H2,1-3H3. The molecule has 1 amide bonds. The van der Waals surface area contributed by atoms with Gasteiger partial charge in [0, 0.05) is 20.0 Å². The van der Waals surface area contributed by atoms with Crippen LogP contribution in [-0.4, -0.2) is 24.4 Å². The monoisotopic (exact) mass is 157 g/mol. The van der Waals surface area contributed by atoms with Crippen LogP contribution in [0.5, 0.6) is 0 Å². The summed E-state index contributed by atoms with van der Waals surface area (Å²) < 4.78 is 0. The third-order valence-corrected chi connectivity index (χ3v) is 1.73. The normalized spacial score (nSPS) is 9.73. The molecule has 0 spiro atoms. The van der Waals surface area contributed by atoms with Crippen LogP contribution in [-0.2, 0) is 4.79 Å². The predicted octanol–water partition coefficient (Wildman–Crippen LogP) is 2.04. The van der Waals surface area contributed by atoms with E-state index in [4.69, 9.17) is 0 Å². The number of hydrogen-bond acceptors (Lipinski definition) is 1. The number of unbranched alkanes of at least 4 members (excludes halogenated alkanes) is 1. The molecule has 0 aromatic rings. The summed E-state index contributed by atoms with van der Waals surface area (Å²) in [7, 11) is 1.88. The fraction of sp³-hybridized carbons (Fsp3) is 0.889. The first kappa shape index (κ1) is 10.5. The maximum absolute atomic E-state index is 11.2. The maximum Gasteiger partial charge on any atom is 0.222 e. The summed E-state index contributed by atoms with van der Waals surface area (Å²) >= 11 is 0. The van der Waals surface area contributed by atoms with Crippen molar-refractivity contribution in [2.45, 2.75) is 39.5 Å². The van der Waals surface area contributed by atoms with E-state index in [-0.39, 0.29) is 5.91 Å². The third kappa shape index (κ3) is 4.82. The zero-order chi connectivity index (χ0) is 8.69. The summed E-state index contributed by atoms with van der Waals surface area (Å²) in [6.07, 6.45) is 3.89. The lowest BCUT2D eigenvalue weighted by atomic mass is 10.2. The molecule has 66 valence electrons. The van der Waals surface area contributed by atoms with Crippen molar-refractivity contribution in [2.75, 3.05) is 13.6 Å². The lowest BCUT2D eigenvalue weighted by Gasteiger charge is -2.15. The molecule has 0 aliphatic heterocycles. The molecule has 0 unspecified atom stereocenters. The van der Waals surface area contributed by atoms with Gasteiger partial charge in [0.1, 0.15) is 0 Å². The fourth-order valence-corrected chi connectivity index (χ4v) is 0.979. The van der Waals surface area contributed by atoms with Crippen molar-refractivity contribution in [2.24, 2.45) is 0 Å². The second-order valence-corrected chi connectivity index (χ2v) is 2.92. The molecule has 0 aromatic heterocycles. The third-order valence-electron chi connectivity index (χ3n) is 1.73. The molecule has 0 bridgehead atoms. The lowest BCUT2D eigenvalue weighted by molar-refractivity contribution is -0.130. The minimum Gasteiger partial charge on any atom is -0.346 e. The van der Waals surface area contributed by atoms with Crippen molar-refractivity contribution in [3.8, 4) is 0 Å². The predicted molar refractivity (Wildman–Crippen MR) is 47.5 cm³/mol. The molecule has 0 heterocycles. The average molecular weight is 157 g/mol. The smallest absolute Gasteiger partial charge is 0.222 e. The van der Waals surface area contributed by atoms with Crippen molar-refractivity contribution in [3.05, 3.63) is 0 Å². The second-order valence-electron chi connectivity index (χ2n) is 2.92. The summed E-state index contributed by atoms with van der Waals surface area (Å²) in [5.41, 5.74) is 0. The van der Waals surface area contributed by atoms with Gasteiger partial charge in [-0.15, -0.1) is 0 Å². The van der Waals surface area contributed by atoms with Crippen LogP contribution in [0.1, 0.15) is 39.5 Å². The van der Waals surface area contributed by atoms with Crippen LogP contribution in [0, 0.1) is 0 Å². The minimum atomic E-state index is 0.286. The summed E-state index contributed by atoms with van der Waals surface area (Å²) in [4.78, 5) is 13.0. The van der Waals surface area contributed by atoms with Crippen LogP contribution in [0.15, 0.2) is 0 Å². The minimum absolute atomic E-state index is 0.286. The highest BCUT2D eigenvalue weighted by Gasteiger charge is 2.04. The molecule has 0 N–H and O–H groups in total. The van der Waals surface area contributed by atoms with Crippen LogP contribution in [0.2, 0.25) is 0 Å². The van der Waals surface area contributed by atoms with E-state index in [9.17, 15) is 4.79 Å². The quantitative estimate of drug-likeness (QED) is 0.598. The summed E-state index contributed by atoms with van der Waals surface area (Å²) in [6.45, 7) is 5.08. The summed E-state index contributed by atoms with van der Waals surface area (Å²) in [5.74, 6) is 0.286. The first-order chi connectivity index (χ1) is 5.22. The van der Waals surface area contributed by atoms with Crippen molar-refractivity contribution < 1.29 is 4.79 Å². The zero-order valence-electron chi connectivity index (χ0n) is 7.89. The van der Waals surface area contributed by atoms with Gasteiger partial charge in [-0.05, 0) is 12.8 Å².